The maximum absolute atomic E-state index is 12.4. The molecule has 0 bridgehead atoms. The van der Waals surface area contributed by atoms with Crippen molar-refractivity contribution in [3.8, 4) is 28.7 Å². The fourth-order valence-corrected chi connectivity index (χ4v) is 3.46. The van der Waals surface area contributed by atoms with Crippen molar-refractivity contribution in [3.63, 3.8) is 0 Å². The molecule has 0 aliphatic heterocycles. The van der Waals surface area contributed by atoms with Gasteiger partial charge < -0.3 is 14.3 Å². The molecule has 3 rings (SSSR count). The Balaban J connectivity index is 1.99. The van der Waals surface area contributed by atoms with Gasteiger partial charge >= 0.3 is 5.97 Å². The summed E-state index contributed by atoms with van der Waals surface area (Å²) in [5.74, 6) is -0.849. The molecule has 0 amide bonds. The summed E-state index contributed by atoms with van der Waals surface area (Å²) in [5.41, 5.74) is 1.07. The van der Waals surface area contributed by atoms with Crippen LogP contribution in [-0.4, -0.2) is 43.3 Å². The first-order valence-electron chi connectivity index (χ1n) is 7.69. The summed E-state index contributed by atoms with van der Waals surface area (Å²) in [7, 11) is -2.81. The predicted molar refractivity (Wildman–Crippen MR) is 94.5 cm³/mol. The van der Waals surface area contributed by atoms with Crippen molar-refractivity contribution in [1.29, 1.82) is 0 Å². The Morgan fingerprint density at radius 1 is 1.11 bits per heavy atom. The molecule has 1 aromatic heterocycles. The van der Waals surface area contributed by atoms with E-state index in [1.165, 1.54) is 19.2 Å². The second-order valence-electron chi connectivity index (χ2n) is 5.36. The number of carbonyl (C=O) groups is 1. The van der Waals surface area contributed by atoms with E-state index in [9.17, 15) is 13.2 Å². The maximum Gasteiger partial charge on any atom is 0.318 e. The van der Waals surface area contributed by atoms with E-state index in [0.717, 1.165) is 5.56 Å². The van der Waals surface area contributed by atoms with Crippen LogP contribution in [0.4, 0.5) is 0 Å². The molecule has 3 aromatic rings. The lowest BCUT2D eigenvalue weighted by molar-refractivity contribution is -0.135. The Labute approximate surface area is 154 Å². The van der Waals surface area contributed by atoms with Gasteiger partial charge in [-0.2, -0.15) is 4.72 Å². The number of nitrogens with one attached hydrogen (secondary N) is 1. The van der Waals surface area contributed by atoms with Gasteiger partial charge in [0.25, 0.3) is 0 Å². The first kappa shape index (κ1) is 18.5. The minimum Gasteiger partial charge on any atom is -0.495 e. The number of hydrogen-bond donors (Lipinski definition) is 2. The quantitative estimate of drug-likeness (QED) is 0.625. The molecule has 1 heterocycles. The lowest BCUT2D eigenvalue weighted by Gasteiger charge is -2.10. The highest BCUT2D eigenvalue weighted by molar-refractivity contribution is 7.89. The highest BCUT2D eigenvalue weighted by Crippen LogP contribution is 2.30. The average Bonchev–Trinajstić information content (AvgIpc) is 3.17. The predicted octanol–water partition coefficient (Wildman–Crippen LogP) is 1.78. The third kappa shape index (κ3) is 4.13. The van der Waals surface area contributed by atoms with Crippen molar-refractivity contribution >= 4 is 16.0 Å². The zero-order chi connectivity index (χ0) is 19.4. The van der Waals surface area contributed by atoms with Crippen LogP contribution in [-0.2, 0) is 14.8 Å². The zero-order valence-electron chi connectivity index (χ0n) is 14.1. The molecule has 0 spiro atoms. The Kier molecular flexibility index (Phi) is 5.19. The van der Waals surface area contributed by atoms with Crippen molar-refractivity contribution in [1.82, 2.24) is 14.9 Å². The standard InChI is InChI=1S/C17H15N3O6S/c1-25-13-8-7-12(9-14(13)27(23,24)18-10-15(21)22)17-20-19-16(26-17)11-5-3-2-4-6-11/h2-9,18H,10H2,1H3,(H,21,22). The van der Waals surface area contributed by atoms with Crippen molar-refractivity contribution in [2.75, 3.05) is 13.7 Å². The molecule has 0 atom stereocenters. The van der Waals surface area contributed by atoms with Gasteiger partial charge in [-0.05, 0) is 30.3 Å². The highest BCUT2D eigenvalue weighted by Gasteiger charge is 2.22. The summed E-state index contributed by atoms with van der Waals surface area (Å²) in [6.07, 6.45) is 0. The molecule has 0 aliphatic rings. The fraction of sp³-hybridized carbons (Fsp3) is 0.118. The molecule has 2 N–H and O–H groups in total. The lowest BCUT2D eigenvalue weighted by Crippen LogP contribution is -2.29. The normalized spacial score (nSPS) is 11.3. The Morgan fingerprint density at radius 2 is 1.78 bits per heavy atom. The van der Waals surface area contributed by atoms with Crippen LogP contribution in [0.1, 0.15) is 0 Å². The van der Waals surface area contributed by atoms with Crippen LogP contribution in [0.25, 0.3) is 22.9 Å². The van der Waals surface area contributed by atoms with Crippen molar-refractivity contribution in [2.45, 2.75) is 4.90 Å². The van der Waals surface area contributed by atoms with Gasteiger partial charge in [-0.25, -0.2) is 8.42 Å². The van der Waals surface area contributed by atoms with E-state index >= 15 is 0 Å². The molecule has 0 saturated heterocycles. The number of sulfonamides is 1. The van der Waals surface area contributed by atoms with Gasteiger partial charge in [-0.1, -0.05) is 18.2 Å². The topological polar surface area (TPSA) is 132 Å². The number of nitrogens with zero attached hydrogens (tertiary/aromatic N) is 2. The first-order valence-corrected chi connectivity index (χ1v) is 9.18. The summed E-state index contributed by atoms with van der Waals surface area (Å²) in [4.78, 5) is 10.4. The molecular weight excluding hydrogens is 374 g/mol. The van der Waals surface area contributed by atoms with E-state index < -0.39 is 22.5 Å². The van der Waals surface area contributed by atoms with Crippen LogP contribution in [0.2, 0.25) is 0 Å². The number of ether oxygens (including phenoxy) is 1. The number of hydrogen-bond acceptors (Lipinski definition) is 7. The summed E-state index contributed by atoms with van der Waals surface area (Å²) in [5, 5.41) is 16.6. The minimum absolute atomic E-state index is 0.0550. The van der Waals surface area contributed by atoms with E-state index in [4.69, 9.17) is 14.3 Å². The monoisotopic (exact) mass is 389 g/mol. The molecule has 0 unspecified atom stereocenters. The Bertz CT molecular complexity index is 1060. The van der Waals surface area contributed by atoms with Crippen LogP contribution in [0.15, 0.2) is 57.8 Å². The number of aliphatic carboxylic acids is 1. The highest BCUT2D eigenvalue weighted by atomic mass is 32.2. The van der Waals surface area contributed by atoms with E-state index in [2.05, 4.69) is 10.2 Å². The largest absolute Gasteiger partial charge is 0.495 e. The summed E-state index contributed by atoms with van der Waals surface area (Å²) >= 11 is 0. The van der Waals surface area contributed by atoms with Gasteiger partial charge in [-0.15, -0.1) is 10.2 Å². The van der Waals surface area contributed by atoms with Crippen molar-refractivity contribution < 1.29 is 27.5 Å². The van der Waals surface area contributed by atoms with Gasteiger partial charge in [0.15, 0.2) is 0 Å². The third-order valence-electron chi connectivity index (χ3n) is 3.56. The average molecular weight is 389 g/mol. The second kappa shape index (κ2) is 7.56. The minimum atomic E-state index is -4.12. The molecule has 140 valence electrons. The number of carboxylic acids is 1. The van der Waals surface area contributed by atoms with Crippen LogP contribution < -0.4 is 9.46 Å². The number of methoxy groups -OCH3 is 1. The second-order valence-corrected chi connectivity index (χ2v) is 7.10. The maximum atomic E-state index is 12.4. The van der Waals surface area contributed by atoms with Gasteiger partial charge in [0.05, 0.1) is 7.11 Å². The van der Waals surface area contributed by atoms with Crippen LogP contribution in [0.3, 0.4) is 0 Å². The first-order chi connectivity index (χ1) is 12.9. The number of carboxylic acid groups (broad SMARTS) is 1. The van der Waals surface area contributed by atoms with Crippen molar-refractivity contribution in [2.24, 2.45) is 0 Å². The van der Waals surface area contributed by atoms with E-state index in [0.29, 0.717) is 5.56 Å². The molecule has 0 saturated carbocycles. The molecule has 0 radical (unpaired) electrons. The summed E-state index contributed by atoms with van der Waals surface area (Å²) < 4.78 is 37.5. The van der Waals surface area contributed by atoms with Crippen LogP contribution >= 0.6 is 0 Å². The third-order valence-corrected chi connectivity index (χ3v) is 4.98. The Morgan fingerprint density at radius 3 is 2.41 bits per heavy atom. The fourth-order valence-electron chi connectivity index (χ4n) is 2.29. The molecular formula is C17H15N3O6S. The number of rotatable bonds is 7. The van der Waals surface area contributed by atoms with E-state index in [1.807, 2.05) is 22.9 Å². The van der Waals surface area contributed by atoms with Gasteiger partial charge in [0.1, 0.15) is 17.2 Å². The summed E-state index contributed by atoms with van der Waals surface area (Å²) in [6.45, 7) is -0.756. The van der Waals surface area contributed by atoms with Crippen molar-refractivity contribution in [3.05, 3.63) is 48.5 Å². The molecule has 2 aromatic carbocycles. The smallest absolute Gasteiger partial charge is 0.318 e. The number of benzene rings is 2. The molecule has 9 nitrogen and oxygen atoms in total. The zero-order valence-corrected chi connectivity index (χ0v) is 14.9. The Hall–Kier alpha value is -3.24. The number of aromatic nitrogens is 2. The molecule has 0 aliphatic carbocycles. The van der Waals surface area contributed by atoms with Gasteiger partial charge in [0, 0.05) is 11.1 Å². The molecule has 10 heteroatoms. The van der Waals surface area contributed by atoms with Crippen LogP contribution in [0.5, 0.6) is 5.75 Å². The summed E-state index contributed by atoms with van der Waals surface area (Å²) in [6, 6.07) is 13.4. The van der Waals surface area contributed by atoms with E-state index in [-0.39, 0.29) is 22.4 Å². The molecule has 0 fully saturated rings. The lowest BCUT2D eigenvalue weighted by atomic mass is 10.2. The van der Waals surface area contributed by atoms with E-state index in [1.54, 1.807) is 18.2 Å². The van der Waals surface area contributed by atoms with Gasteiger partial charge in [0.2, 0.25) is 21.8 Å². The molecule has 27 heavy (non-hydrogen) atoms. The van der Waals surface area contributed by atoms with Gasteiger partial charge in [-0.3, -0.25) is 4.79 Å². The van der Waals surface area contributed by atoms with Crippen LogP contribution in [0, 0.1) is 0 Å². The SMILES string of the molecule is COc1ccc(-c2nnc(-c3ccccc3)o2)cc1S(=O)(=O)NCC(=O)O.